The van der Waals surface area contributed by atoms with Gasteiger partial charge in [-0.1, -0.05) is 0 Å². The smallest absolute Gasteiger partial charge is 0.256 e. The van der Waals surface area contributed by atoms with Gasteiger partial charge >= 0.3 is 0 Å². The predicted molar refractivity (Wildman–Crippen MR) is 88.1 cm³/mol. The van der Waals surface area contributed by atoms with Crippen molar-refractivity contribution in [2.75, 3.05) is 5.32 Å². The molecular weight excluding hydrogens is 351 g/mol. The second-order valence-corrected chi connectivity index (χ2v) is 6.93. The number of nitrogens with one attached hydrogen (secondary N) is 1. The molecule has 0 spiro atoms. The molecule has 0 atom stereocenters. The van der Waals surface area contributed by atoms with E-state index in [0.717, 1.165) is 24.3 Å². The zero-order valence-electron chi connectivity index (χ0n) is 12.9. The van der Waals surface area contributed by atoms with Crippen molar-refractivity contribution in [1.29, 1.82) is 0 Å². The molecule has 3 rings (SSSR count). The maximum Gasteiger partial charge on any atom is 0.256 e. The van der Waals surface area contributed by atoms with Gasteiger partial charge in [0.15, 0.2) is 0 Å². The summed E-state index contributed by atoms with van der Waals surface area (Å²) in [5, 5.41) is 21.7. The fraction of sp³-hybridized carbons (Fsp3) is 0.0667. The van der Waals surface area contributed by atoms with Crippen LogP contribution < -0.4 is 10.5 Å². The first-order valence-corrected chi connectivity index (χ1v) is 8.50. The van der Waals surface area contributed by atoms with E-state index >= 15 is 0 Å². The number of hydrogen-bond donors (Lipinski definition) is 3. The summed E-state index contributed by atoms with van der Waals surface area (Å²) in [6, 6.07) is 5.41. The van der Waals surface area contributed by atoms with Gasteiger partial charge in [0.05, 0.1) is 21.7 Å². The molecule has 1 heterocycles. The maximum absolute atomic E-state index is 13.7. The fourth-order valence-corrected chi connectivity index (χ4v) is 2.92. The van der Waals surface area contributed by atoms with Crippen molar-refractivity contribution < 1.29 is 22.7 Å². The minimum atomic E-state index is -4.02. The Balaban J connectivity index is 2.04. The van der Waals surface area contributed by atoms with Crippen LogP contribution in [0.1, 0.15) is 10.4 Å². The summed E-state index contributed by atoms with van der Waals surface area (Å²) < 4.78 is 38.0. The second-order valence-electron chi connectivity index (χ2n) is 5.37. The molecule has 0 saturated carbocycles. The Bertz CT molecular complexity index is 1110. The van der Waals surface area contributed by atoms with E-state index in [4.69, 9.17) is 5.14 Å². The quantitative estimate of drug-likeness (QED) is 0.604. The minimum absolute atomic E-state index is 0.0106. The molecule has 4 N–H and O–H groups in total. The fourth-order valence-electron chi connectivity index (χ4n) is 2.38. The Labute approximate surface area is 141 Å². The van der Waals surface area contributed by atoms with Crippen LogP contribution in [0, 0.1) is 5.82 Å². The zero-order chi connectivity index (χ0) is 18.4. The van der Waals surface area contributed by atoms with Crippen molar-refractivity contribution >= 4 is 32.5 Å². The number of phenolic OH excluding ortho intramolecular Hbond substituents is 1. The first kappa shape index (κ1) is 16.9. The monoisotopic (exact) mass is 364 g/mol. The molecule has 2 aromatic carbocycles. The highest BCUT2D eigenvalue weighted by Gasteiger charge is 2.17. The van der Waals surface area contributed by atoms with E-state index in [1.165, 1.54) is 10.7 Å². The van der Waals surface area contributed by atoms with Crippen molar-refractivity contribution in [3.8, 4) is 5.75 Å². The lowest BCUT2D eigenvalue weighted by Crippen LogP contribution is -2.15. The molecule has 0 radical (unpaired) electrons. The number of primary sulfonamides is 1. The average Bonchev–Trinajstić information content (AvgIpc) is 2.87. The highest BCUT2D eigenvalue weighted by Crippen LogP contribution is 2.27. The van der Waals surface area contributed by atoms with Crippen molar-refractivity contribution in [3.05, 3.63) is 47.9 Å². The summed E-state index contributed by atoms with van der Waals surface area (Å²) in [7, 11) is -2.39. The van der Waals surface area contributed by atoms with Crippen molar-refractivity contribution in [1.82, 2.24) is 9.78 Å². The number of anilines is 1. The Morgan fingerprint density at radius 3 is 2.72 bits per heavy atom. The number of hydrogen-bond acceptors (Lipinski definition) is 5. The molecule has 130 valence electrons. The van der Waals surface area contributed by atoms with E-state index in [0.29, 0.717) is 5.39 Å². The summed E-state index contributed by atoms with van der Waals surface area (Å²) in [6.07, 6.45) is 1.55. The van der Waals surface area contributed by atoms with Crippen LogP contribution >= 0.6 is 0 Å². The van der Waals surface area contributed by atoms with Gasteiger partial charge in [0.25, 0.3) is 5.91 Å². The van der Waals surface area contributed by atoms with E-state index in [1.807, 2.05) is 0 Å². The minimum Gasteiger partial charge on any atom is -0.506 e. The number of fused-ring (bicyclic) bond motifs is 1. The van der Waals surface area contributed by atoms with Crippen LogP contribution in [0.3, 0.4) is 0 Å². The van der Waals surface area contributed by atoms with E-state index < -0.39 is 21.7 Å². The van der Waals surface area contributed by atoms with Crippen LogP contribution in [0.2, 0.25) is 0 Å². The third-order valence-electron chi connectivity index (χ3n) is 3.49. The Morgan fingerprint density at radius 2 is 2.04 bits per heavy atom. The molecule has 0 fully saturated rings. The normalized spacial score (nSPS) is 11.6. The lowest BCUT2D eigenvalue weighted by molar-refractivity contribution is 0.102. The number of aromatic hydroxyl groups is 1. The van der Waals surface area contributed by atoms with Crippen molar-refractivity contribution in [2.45, 2.75) is 4.90 Å². The van der Waals surface area contributed by atoms with Gasteiger partial charge in [-0.2, -0.15) is 5.10 Å². The summed E-state index contributed by atoms with van der Waals surface area (Å²) in [6.45, 7) is 0. The maximum atomic E-state index is 13.7. The number of amides is 1. The zero-order valence-corrected chi connectivity index (χ0v) is 13.7. The molecule has 1 amide bonds. The molecule has 0 bridgehead atoms. The molecule has 0 unspecified atom stereocenters. The Kier molecular flexibility index (Phi) is 3.93. The van der Waals surface area contributed by atoms with Crippen LogP contribution in [-0.4, -0.2) is 29.2 Å². The van der Waals surface area contributed by atoms with Gasteiger partial charge in [-0.15, -0.1) is 0 Å². The Hall–Kier alpha value is -2.98. The number of phenols is 1. The van der Waals surface area contributed by atoms with Gasteiger partial charge in [-0.25, -0.2) is 17.9 Å². The second kappa shape index (κ2) is 5.83. The summed E-state index contributed by atoms with van der Waals surface area (Å²) in [5.41, 5.74) is 0.108. The number of halogens is 1. The third kappa shape index (κ3) is 3.30. The van der Waals surface area contributed by atoms with Gasteiger partial charge in [-0.3, -0.25) is 9.48 Å². The molecular formula is C15H13FN4O4S. The Morgan fingerprint density at radius 1 is 1.32 bits per heavy atom. The van der Waals surface area contributed by atoms with E-state index in [9.17, 15) is 22.7 Å². The van der Waals surface area contributed by atoms with Crippen LogP contribution in [0.5, 0.6) is 5.75 Å². The number of sulfonamides is 1. The van der Waals surface area contributed by atoms with Gasteiger partial charge in [0.2, 0.25) is 10.0 Å². The predicted octanol–water partition coefficient (Wildman–Crippen LogP) is 1.32. The van der Waals surface area contributed by atoms with Crippen LogP contribution in [0.4, 0.5) is 10.1 Å². The van der Waals surface area contributed by atoms with Crippen LogP contribution in [-0.2, 0) is 17.1 Å². The lowest BCUT2D eigenvalue weighted by Gasteiger charge is -2.09. The molecule has 0 aliphatic carbocycles. The molecule has 0 saturated heterocycles. The number of aryl methyl sites for hydroxylation is 1. The summed E-state index contributed by atoms with van der Waals surface area (Å²) in [4.78, 5) is 12.2. The highest BCUT2D eigenvalue weighted by atomic mass is 32.2. The van der Waals surface area contributed by atoms with E-state index in [-0.39, 0.29) is 27.4 Å². The number of nitrogens with two attached hydrogens (primary N) is 1. The molecule has 8 nitrogen and oxygen atoms in total. The number of aromatic nitrogens is 2. The van der Waals surface area contributed by atoms with Gasteiger partial charge in [-0.05, 0) is 24.3 Å². The molecule has 10 heteroatoms. The van der Waals surface area contributed by atoms with Crippen LogP contribution in [0.25, 0.3) is 10.9 Å². The number of benzene rings is 2. The third-order valence-corrected chi connectivity index (χ3v) is 4.40. The number of carbonyl (C=O) groups is 1. The highest BCUT2D eigenvalue weighted by molar-refractivity contribution is 7.89. The standard InChI is InChI=1S/C15H13FN4O4S/c1-20-7-11-10(4-8(16)5-12(11)19-20)15(22)18-13-6-9(25(17,23)24)2-3-14(13)21/h2-7,21H,1H3,(H,18,22)(H2,17,23,24). The van der Waals surface area contributed by atoms with Gasteiger partial charge in [0.1, 0.15) is 11.6 Å². The molecule has 0 aliphatic rings. The lowest BCUT2D eigenvalue weighted by atomic mass is 10.1. The summed E-state index contributed by atoms with van der Waals surface area (Å²) in [5.74, 6) is -1.75. The number of rotatable bonds is 3. The SMILES string of the molecule is Cn1cc2c(C(=O)Nc3cc(S(N)(=O)=O)ccc3O)cc(F)cc2n1. The van der Waals surface area contributed by atoms with Gasteiger partial charge in [0, 0.05) is 24.7 Å². The number of nitrogens with zero attached hydrogens (tertiary/aromatic N) is 2. The van der Waals surface area contributed by atoms with Crippen molar-refractivity contribution in [3.63, 3.8) is 0 Å². The first-order chi connectivity index (χ1) is 11.6. The molecule has 0 aliphatic heterocycles. The van der Waals surface area contributed by atoms with Crippen LogP contribution in [0.15, 0.2) is 41.4 Å². The molecule has 3 aromatic rings. The largest absolute Gasteiger partial charge is 0.506 e. The molecule has 1 aromatic heterocycles. The van der Waals surface area contributed by atoms with E-state index in [2.05, 4.69) is 10.4 Å². The topological polar surface area (TPSA) is 127 Å². The number of carbonyl (C=O) groups excluding carboxylic acids is 1. The van der Waals surface area contributed by atoms with Crippen molar-refractivity contribution in [2.24, 2.45) is 12.2 Å². The summed E-state index contributed by atoms with van der Waals surface area (Å²) >= 11 is 0. The molecule has 25 heavy (non-hydrogen) atoms. The average molecular weight is 364 g/mol. The van der Waals surface area contributed by atoms with E-state index in [1.54, 1.807) is 13.2 Å². The first-order valence-electron chi connectivity index (χ1n) is 6.95. The van der Waals surface area contributed by atoms with Gasteiger partial charge < -0.3 is 10.4 Å².